The maximum Gasteiger partial charge on any atom is 0.254 e. The number of amides is 1. The highest BCUT2D eigenvalue weighted by Crippen LogP contribution is 2.15. The van der Waals surface area contributed by atoms with E-state index in [2.05, 4.69) is 31.4 Å². The second kappa shape index (κ2) is 8.24. The van der Waals surface area contributed by atoms with Gasteiger partial charge in [-0.2, -0.15) is 5.10 Å². The Bertz CT molecular complexity index is 514. The molecule has 0 aromatic heterocycles. The van der Waals surface area contributed by atoms with E-state index in [1.165, 1.54) is 25.1 Å². The molecule has 0 aliphatic carbocycles. The third-order valence-corrected chi connectivity index (χ3v) is 4.02. The number of benzene rings is 1. The second-order valence-electron chi connectivity index (χ2n) is 5.16. The minimum atomic E-state index is -0.322. The number of hydrogen-bond acceptors (Lipinski definition) is 3. The number of nitrogens with one attached hydrogen (secondary N) is 1. The van der Waals surface area contributed by atoms with Crippen molar-refractivity contribution in [2.45, 2.75) is 25.7 Å². The number of halogens is 2. The Kier molecular flexibility index (Phi) is 6.32. The van der Waals surface area contributed by atoms with Gasteiger partial charge < -0.3 is 0 Å². The molecule has 0 unspecified atom stereocenters. The molecule has 1 N–H and O–H groups in total. The van der Waals surface area contributed by atoms with E-state index in [4.69, 9.17) is 0 Å². The van der Waals surface area contributed by atoms with Crippen molar-refractivity contribution in [2.24, 2.45) is 5.10 Å². The van der Waals surface area contributed by atoms with Crippen molar-refractivity contribution < 1.29 is 9.18 Å². The van der Waals surface area contributed by atoms with Gasteiger partial charge in [0.05, 0.1) is 17.2 Å². The Hall–Kier alpha value is -1.27. The molecule has 0 atom stereocenters. The topological polar surface area (TPSA) is 44.7 Å². The summed E-state index contributed by atoms with van der Waals surface area (Å²) in [5.41, 5.74) is 3.23. The molecule has 2 rings (SSSR count). The summed E-state index contributed by atoms with van der Waals surface area (Å²) in [6.07, 6.45) is 6.30. The summed E-state index contributed by atoms with van der Waals surface area (Å²) in [6.45, 7) is 2.33. The van der Waals surface area contributed by atoms with Gasteiger partial charge in [-0.15, -0.1) is 0 Å². The van der Waals surface area contributed by atoms with Crippen LogP contribution in [-0.2, 0) is 4.79 Å². The molecule has 1 heterocycles. The van der Waals surface area contributed by atoms with Gasteiger partial charge in [0, 0.05) is 0 Å². The highest BCUT2D eigenvalue weighted by molar-refractivity contribution is 9.10. The van der Waals surface area contributed by atoms with Crippen LogP contribution in [0.25, 0.3) is 0 Å². The monoisotopic (exact) mass is 355 g/mol. The molecule has 1 aliphatic rings. The van der Waals surface area contributed by atoms with Crippen LogP contribution in [0.1, 0.15) is 31.2 Å². The van der Waals surface area contributed by atoms with Gasteiger partial charge in [0.15, 0.2) is 0 Å². The lowest BCUT2D eigenvalue weighted by Crippen LogP contribution is -2.35. The first-order chi connectivity index (χ1) is 10.1. The number of carbonyl (C=O) groups excluding carboxylic acids is 1. The third-order valence-electron chi connectivity index (χ3n) is 3.41. The molecule has 0 bridgehead atoms. The lowest BCUT2D eigenvalue weighted by atomic mass is 10.2. The minimum Gasteiger partial charge on any atom is -0.294 e. The first kappa shape index (κ1) is 16.1. The predicted octanol–water partition coefficient (Wildman–Crippen LogP) is 2.91. The zero-order valence-electron chi connectivity index (χ0n) is 11.8. The largest absolute Gasteiger partial charge is 0.294 e. The molecule has 1 amide bonds. The average molecular weight is 356 g/mol. The molecular formula is C15H19BrFN3O. The van der Waals surface area contributed by atoms with Crippen LogP contribution in [0, 0.1) is 5.82 Å². The summed E-state index contributed by atoms with van der Waals surface area (Å²) in [7, 11) is 0. The van der Waals surface area contributed by atoms with Gasteiger partial charge in [0.1, 0.15) is 5.82 Å². The van der Waals surface area contributed by atoms with E-state index in [1.54, 1.807) is 12.1 Å². The van der Waals surface area contributed by atoms with Gasteiger partial charge in [-0.25, -0.2) is 9.82 Å². The number of rotatable bonds is 4. The van der Waals surface area contributed by atoms with E-state index in [9.17, 15) is 9.18 Å². The smallest absolute Gasteiger partial charge is 0.254 e. The Balaban J connectivity index is 1.79. The van der Waals surface area contributed by atoms with Crippen molar-refractivity contribution >= 4 is 28.1 Å². The van der Waals surface area contributed by atoms with Crippen molar-refractivity contribution in [2.75, 3.05) is 19.6 Å². The molecule has 1 aliphatic heterocycles. The number of likely N-dealkylation sites (tertiary alicyclic amines) is 1. The standard InChI is InChI=1S/C15H19BrFN3O/c16-13-9-12(5-6-14(13)17)10-18-19-15(21)11-20-7-3-1-2-4-8-20/h5-6,9-10H,1-4,7-8,11H2,(H,19,21). The fourth-order valence-electron chi connectivity index (χ4n) is 2.30. The van der Waals surface area contributed by atoms with Gasteiger partial charge in [-0.1, -0.05) is 18.9 Å². The van der Waals surface area contributed by atoms with E-state index in [0.29, 0.717) is 11.0 Å². The lowest BCUT2D eigenvalue weighted by molar-refractivity contribution is -0.122. The summed E-state index contributed by atoms with van der Waals surface area (Å²) >= 11 is 3.11. The number of hydrazone groups is 1. The highest BCUT2D eigenvalue weighted by atomic mass is 79.9. The van der Waals surface area contributed by atoms with Crippen molar-refractivity contribution in [3.63, 3.8) is 0 Å². The molecule has 114 valence electrons. The van der Waals surface area contributed by atoms with Crippen molar-refractivity contribution in [3.05, 3.63) is 34.1 Å². The fourth-order valence-corrected chi connectivity index (χ4v) is 2.70. The highest BCUT2D eigenvalue weighted by Gasteiger charge is 2.12. The number of hydrogen-bond donors (Lipinski definition) is 1. The van der Waals surface area contributed by atoms with Crippen LogP contribution < -0.4 is 5.43 Å². The summed E-state index contributed by atoms with van der Waals surface area (Å²) < 4.78 is 13.5. The average Bonchev–Trinajstić information content (AvgIpc) is 2.71. The molecule has 1 aromatic carbocycles. The van der Waals surface area contributed by atoms with Crippen LogP contribution in [0.5, 0.6) is 0 Å². The molecule has 6 heteroatoms. The van der Waals surface area contributed by atoms with Crippen LogP contribution in [0.2, 0.25) is 0 Å². The normalized spacial score (nSPS) is 16.9. The van der Waals surface area contributed by atoms with Crippen molar-refractivity contribution in [3.8, 4) is 0 Å². The molecular weight excluding hydrogens is 337 g/mol. The van der Waals surface area contributed by atoms with Gasteiger partial charge >= 0.3 is 0 Å². The zero-order chi connectivity index (χ0) is 15.1. The van der Waals surface area contributed by atoms with Crippen molar-refractivity contribution in [1.82, 2.24) is 10.3 Å². The van der Waals surface area contributed by atoms with Crippen LogP contribution >= 0.6 is 15.9 Å². The molecule has 4 nitrogen and oxygen atoms in total. The number of carbonyl (C=O) groups is 1. The first-order valence-electron chi connectivity index (χ1n) is 7.14. The van der Waals surface area contributed by atoms with Gasteiger partial charge in [0.2, 0.25) is 0 Å². The Morgan fingerprint density at radius 2 is 2.05 bits per heavy atom. The molecule has 0 saturated carbocycles. The fraction of sp³-hybridized carbons (Fsp3) is 0.467. The van der Waals surface area contributed by atoms with Gasteiger partial charge in [-0.05, 0) is 59.6 Å². The third kappa shape index (κ3) is 5.55. The predicted molar refractivity (Wildman–Crippen MR) is 84.7 cm³/mol. The van der Waals surface area contributed by atoms with E-state index >= 15 is 0 Å². The minimum absolute atomic E-state index is 0.116. The van der Waals surface area contributed by atoms with Crippen molar-refractivity contribution in [1.29, 1.82) is 0 Å². The Morgan fingerprint density at radius 1 is 1.33 bits per heavy atom. The Morgan fingerprint density at radius 3 is 2.71 bits per heavy atom. The first-order valence-corrected chi connectivity index (χ1v) is 7.94. The quantitative estimate of drug-likeness (QED) is 0.666. The molecule has 21 heavy (non-hydrogen) atoms. The zero-order valence-corrected chi connectivity index (χ0v) is 13.4. The maximum atomic E-state index is 13.1. The van der Waals surface area contributed by atoms with E-state index in [1.807, 2.05) is 0 Å². The van der Waals surface area contributed by atoms with Crippen LogP contribution in [0.4, 0.5) is 4.39 Å². The van der Waals surface area contributed by atoms with E-state index in [0.717, 1.165) is 31.5 Å². The van der Waals surface area contributed by atoms with Crippen LogP contribution in [0.3, 0.4) is 0 Å². The summed E-state index contributed by atoms with van der Waals surface area (Å²) in [5.74, 6) is -0.438. The van der Waals surface area contributed by atoms with Crippen LogP contribution in [-0.4, -0.2) is 36.7 Å². The van der Waals surface area contributed by atoms with Gasteiger partial charge in [0.25, 0.3) is 5.91 Å². The Labute approximate surface area is 132 Å². The van der Waals surface area contributed by atoms with E-state index < -0.39 is 0 Å². The molecule has 0 spiro atoms. The summed E-state index contributed by atoms with van der Waals surface area (Å²) in [4.78, 5) is 14.0. The van der Waals surface area contributed by atoms with Gasteiger partial charge in [-0.3, -0.25) is 9.69 Å². The summed E-state index contributed by atoms with van der Waals surface area (Å²) in [6, 6.07) is 4.56. The second-order valence-corrected chi connectivity index (χ2v) is 6.01. The molecule has 1 saturated heterocycles. The molecule has 1 aromatic rings. The molecule has 1 fully saturated rings. The van der Waals surface area contributed by atoms with E-state index in [-0.39, 0.29) is 11.7 Å². The lowest BCUT2D eigenvalue weighted by Gasteiger charge is -2.17. The SMILES string of the molecule is O=C(CN1CCCCCC1)NN=Cc1ccc(F)c(Br)c1. The summed E-state index contributed by atoms with van der Waals surface area (Å²) in [5, 5.41) is 3.91. The molecule has 0 radical (unpaired) electrons. The number of nitrogens with zero attached hydrogens (tertiary/aromatic N) is 2. The maximum absolute atomic E-state index is 13.1. The van der Waals surface area contributed by atoms with Crippen LogP contribution in [0.15, 0.2) is 27.8 Å².